The molecule has 1 aliphatic rings. The minimum atomic E-state index is -0.374. The number of hydrogen-bond donors (Lipinski definition) is 1. The molecule has 27 heavy (non-hydrogen) atoms. The number of hydrogen-bond acceptors (Lipinski definition) is 5. The molecule has 3 aromatic rings. The fraction of sp³-hybridized carbons (Fsp3) is 0.421. The van der Waals surface area contributed by atoms with E-state index in [1.165, 1.54) is 4.68 Å². The van der Waals surface area contributed by atoms with Gasteiger partial charge in [0, 0.05) is 19.2 Å². The molecule has 0 bridgehead atoms. The largest absolute Gasteiger partial charge is 0.497 e. The molecule has 1 atom stereocenters. The summed E-state index contributed by atoms with van der Waals surface area (Å²) in [6, 6.07) is 7.62. The Kier molecular flexibility index (Phi) is 4.57. The van der Waals surface area contributed by atoms with Gasteiger partial charge in [-0.2, -0.15) is 0 Å². The van der Waals surface area contributed by atoms with E-state index in [9.17, 15) is 9.59 Å². The van der Waals surface area contributed by atoms with Crippen LogP contribution in [0.25, 0.3) is 16.6 Å². The number of pyridine rings is 1. The first-order valence-corrected chi connectivity index (χ1v) is 9.05. The van der Waals surface area contributed by atoms with Crippen LogP contribution in [0.1, 0.15) is 18.4 Å². The fourth-order valence-corrected chi connectivity index (χ4v) is 3.47. The van der Waals surface area contributed by atoms with E-state index >= 15 is 0 Å². The maximum atomic E-state index is 12.9. The van der Waals surface area contributed by atoms with E-state index in [1.807, 2.05) is 31.2 Å². The Morgan fingerprint density at radius 3 is 3.00 bits per heavy atom. The maximum Gasteiger partial charge on any atom is 0.350 e. The summed E-state index contributed by atoms with van der Waals surface area (Å²) in [7, 11) is 1.59. The number of aromatic nitrogens is 3. The van der Waals surface area contributed by atoms with E-state index in [4.69, 9.17) is 9.47 Å². The van der Waals surface area contributed by atoms with Gasteiger partial charge in [0.05, 0.1) is 19.2 Å². The van der Waals surface area contributed by atoms with Crippen molar-refractivity contribution in [3.8, 4) is 5.75 Å². The lowest BCUT2D eigenvalue weighted by Crippen LogP contribution is -2.37. The van der Waals surface area contributed by atoms with Crippen molar-refractivity contribution in [2.45, 2.75) is 32.4 Å². The zero-order chi connectivity index (χ0) is 19.0. The number of benzene rings is 1. The van der Waals surface area contributed by atoms with E-state index in [0.29, 0.717) is 31.1 Å². The standard InChI is InChI=1S/C19H22N4O4/c1-12-10-13-5-6-14(26-2)11-15(13)23-17(12)21-22(19(23)25)8-7-20-18(24)16-4-3-9-27-16/h5-6,10-11,16H,3-4,7-9H2,1-2H3,(H,20,24)/t16-/m0/s1. The van der Waals surface area contributed by atoms with Crippen LogP contribution in [0.15, 0.2) is 29.1 Å². The van der Waals surface area contributed by atoms with Crippen LogP contribution in [0.5, 0.6) is 5.75 Å². The highest BCUT2D eigenvalue weighted by Gasteiger charge is 2.23. The Bertz CT molecular complexity index is 1060. The molecular weight excluding hydrogens is 348 g/mol. The Labute approximate surface area is 155 Å². The molecule has 142 valence electrons. The van der Waals surface area contributed by atoms with E-state index < -0.39 is 0 Å². The molecule has 1 aliphatic heterocycles. The van der Waals surface area contributed by atoms with Gasteiger partial charge in [0.2, 0.25) is 5.91 Å². The van der Waals surface area contributed by atoms with Crippen LogP contribution < -0.4 is 15.7 Å². The molecule has 8 nitrogen and oxygen atoms in total. The van der Waals surface area contributed by atoms with Crippen molar-refractivity contribution in [2.24, 2.45) is 0 Å². The van der Waals surface area contributed by atoms with Gasteiger partial charge in [-0.15, -0.1) is 5.10 Å². The Morgan fingerprint density at radius 2 is 2.26 bits per heavy atom. The summed E-state index contributed by atoms with van der Waals surface area (Å²) in [5.74, 6) is 0.548. The number of carbonyl (C=O) groups excluding carboxylic acids is 1. The second-order valence-electron chi connectivity index (χ2n) is 6.71. The Hall–Kier alpha value is -2.87. The molecule has 0 saturated carbocycles. The number of carbonyl (C=O) groups is 1. The average molecular weight is 370 g/mol. The van der Waals surface area contributed by atoms with E-state index in [1.54, 1.807) is 11.5 Å². The molecular formula is C19H22N4O4. The van der Waals surface area contributed by atoms with Gasteiger partial charge in [-0.3, -0.25) is 4.79 Å². The number of methoxy groups -OCH3 is 1. The number of rotatable bonds is 5. The lowest BCUT2D eigenvalue weighted by atomic mass is 10.1. The van der Waals surface area contributed by atoms with Crippen LogP contribution in [0.2, 0.25) is 0 Å². The van der Waals surface area contributed by atoms with Crippen molar-refractivity contribution in [2.75, 3.05) is 20.3 Å². The predicted octanol–water partition coefficient (Wildman–Crippen LogP) is 1.26. The first-order valence-electron chi connectivity index (χ1n) is 9.05. The van der Waals surface area contributed by atoms with Gasteiger partial charge in [-0.25, -0.2) is 13.9 Å². The van der Waals surface area contributed by atoms with Crippen LogP contribution >= 0.6 is 0 Å². The molecule has 0 unspecified atom stereocenters. The first kappa shape index (κ1) is 17.5. The summed E-state index contributed by atoms with van der Waals surface area (Å²) >= 11 is 0. The third kappa shape index (κ3) is 3.16. The second kappa shape index (κ2) is 7.03. The van der Waals surface area contributed by atoms with Crippen LogP contribution in [-0.2, 0) is 16.1 Å². The molecule has 8 heteroatoms. The van der Waals surface area contributed by atoms with Gasteiger partial charge in [-0.1, -0.05) is 0 Å². The molecule has 1 N–H and O–H groups in total. The minimum Gasteiger partial charge on any atom is -0.497 e. The summed E-state index contributed by atoms with van der Waals surface area (Å²) in [5, 5.41) is 8.22. The zero-order valence-corrected chi connectivity index (χ0v) is 15.4. The zero-order valence-electron chi connectivity index (χ0n) is 15.4. The molecule has 1 amide bonds. The average Bonchev–Trinajstić information content (AvgIpc) is 3.31. The highest BCUT2D eigenvalue weighted by Crippen LogP contribution is 2.23. The molecule has 1 saturated heterocycles. The molecule has 0 spiro atoms. The number of nitrogens with one attached hydrogen (secondary N) is 1. The highest BCUT2D eigenvalue weighted by molar-refractivity contribution is 5.84. The summed E-state index contributed by atoms with van der Waals surface area (Å²) < 4.78 is 13.6. The second-order valence-corrected chi connectivity index (χ2v) is 6.71. The van der Waals surface area contributed by atoms with Crippen LogP contribution in [0.3, 0.4) is 0 Å². The van der Waals surface area contributed by atoms with Gasteiger partial charge in [-0.05, 0) is 48.9 Å². The molecule has 1 aromatic carbocycles. The topological polar surface area (TPSA) is 86.9 Å². The monoisotopic (exact) mass is 370 g/mol. The van der Waals surface area contributed by atoms with Crippen molar-refractivity contribution >= 4 is 22.5 Å². The molecule has 0 radical (unpaired) electrons. The predicted molar refractivity (Wildman–Crippen MR) is 100 cm³/mol. The van der Waals surface area contributed by atoms with Crippen LogP contribution in [0.4, 0.5) is 0 Å². The summed E-state index contributed by atoms with van der Waals surface area (Å²) in [4.78, 5) is 24.9. The molecule has 2 aromatic heterocycles. The van der Waals surface area contributed by atoms with E-state index in [-0.39, 0.29) is 17.7 Å². The number of ether oxygens (including phenoxy) is 2. The third-order valence-electron chi connectivity index (χ3n) is 4.89. The number of amides is 1. The molecule has 0 aliphatic carbocycles. The van der Waals surface area contributed by atoms with Crippen LogP contribution in [-0.4, -0.2) is 46.5 Å². The lowest BCUT2D eigenvalue weighted by molar-refractivity contribution is -0.130. The van der Waals surface area contributed by atoms with Crippen molar-refractivity contribution in [1.29, 1.82) is 0 Å². The third-order valence-corrected chi connectivity index (χ3v) is 4.89. The lowest BCUT2D eigenvalue weighted by Gasteiger charge is -2.09. The summed E-state index contributed by atoms with van der Waals surface area (Å²) in [6.45, 7) is 3.17. The van der Waals surface area contributed by atoms with Crippen molar-refractivity contribution in [1.82, 2.24) is 19.5 Å². The van der Waals surface area contributed by atoms with E-state index in [2.05, 4.69) is 10.4 Å². The highest BCUT2D eigenvalue weighted by atomic mass is 16.5. The minimum absolute atomic E-state index is 0.129. The Balaban J connectivity index is 1.63. The van der Waals surface area contributed by atoms with Crippen molar-refractivity contribution in [3.63, 3.8) is 0 Å². The maximum absolute atomic E-state index is 12.9. The normalized spacial score (nSPS) is 16.9. The Morgan fingerprint density at radius 1 is 1.41 bits per heavy atom. The number of aryl methyl sites for hydroxylation is 1. The van der Waals surface area contributed by atoms with Gasteiger partial charge in [0.15, 0.2) is 5.65 Å². The summed E-state index contributed by atoms with van der Waals surface area (Å²) in [6.07, 6.45) is 1.27. The quantitative estimate of drug-likeness (QED) is 0.731. The van der Waals surface area contributed by atoms with Gasteiger partial charge in [0.1, 0.15) is 11.9 Å². The molecule has 1 fully saturated rings. The van der Waals surface area contributed by atoms with Crippen LogP contribution in [0, 0.1) is 6.92 Å². The number of fused-ring (bicyclic) bond motifs is 3. The first-order chi connectivity index (χ1) is 13.1. The molecule has 3 heterocycles. The SMILES string of the molecule is COc1ccc2cc(C)c3nn(CCNC(=O)[C@@H]4CCCO4)c(=O)n3c2c1. The fourth-order valence-electron chi connectivity index (χ4n) is 3.47. The molecule has 4 rings (SSSR count). The van der Waals surface area contributed by atoms with Gasteiger partial charge >= 0.3 is 5.69 Å². The van der Waals surface area contributed by atoms with Crippen molar-refractivity contribution in [3.05, 3.63) is 40.3 Å². The smallest absolute Gasteiger partial charge is 0.350 e. The van der Waals surface area contributed by atoms with Gasteiger partial charge in [0.25, 0.3) is 0 Å². The van der Waals surface area contributed by atoms with E-state index in [0.717, 1.165) is 29.3 Å². The van der Waals surface area contributed by atoms with Gasteiger partial charge < -0.3 is 14.8 Å². The van der Waals surface area contributed by atoms with Crippen molar-refractivity contribution < 1.29 is 14.3 Å². The summed E-state index contributed by atoms with van der Waals surface area (Å²) in [5.41, 5.74) is 2.02. The number of nitrogens with zero attached hydrogens (tertiary/aromatic N) is 3.